The highest BCUT2D eigenvalue weighted by Gasteiger charge is 2.60. The average molecular weight is 1100 g/mol. The Balaban J connectivity index is 1.73. The quantitative estimate of drug-likeness (QED) is 0.0533. The number of nitrogens with zero attached hydrogens (tertiary/aromatic N) is 3. The second kappa shape index (κ2) is 23.2. The van der Waals surface area contributed by atoms with E-state index in [4.69, 9.17) is 0 Å². The third-order valence-electron chi connectivity index (χ3n) is 20.4. The summed E-state index contributed by atoms with van der Waals surface area (Å²) in [7, 11) is 0. The number of Topliss-reactive ketones (excluding diaryl/α,β-unsaturated/α-hetero) is 1. The molecule has 0 amide bonds. The van der Waals surface area contributed by atoms with E-state index >= 15 is 15.0 Å². The minimum atomic E-state index is -0.480. The zero-order valence-electron chi connectivity index (χ0n) is 55.3. The fourth-order valence-corrected chi connectivity index (χ4v) is 16.1. The number of benzene rings is 4. The van der Waals surface area contributed by atoms with Crippen LogP contribution in [0.4, 0.5) is 17.1 Å². The molecule has 0 N–H and O–H groups in total. The summed E-state index contributed by atoms with van der Waals surface area (Å²) in [6.45, 7) is 54.5. The Morgan fingerprint density at radius 3 is 1.15 bits per heavy atom. The van der Waals surface area contributed by atoms with Gasteiger partial charge >= 0.3 is 0 Å². The molecule has 1 radical (unpaired) electrons. The molecule has 6 nitrogen and oxygen atoms in total. The number of hydrogen-bond acceptors (Lipinski definition) is 4. The van der Waals surface area contributed by atoms with Crippen LogP contribution in [0, 0.1) is 16.2 Å². The van der Waals surface area contributed by atoms with E-state index in [0.29, 0.717) is 16.7 Å². The van der Waals surface area contributed by atoms with E-state index in [1.165, 1.54) is 33.4 Å². The van der Waals surface area contributed by atoms with Crippen molar-refractivity contribution >= 4 is 40.1 Å². The van der Waals surface area contributed by atoms with E-state index in [0.717, 1.165) is 92.0 Å². The summed E-state index contributed by atoms with van der Waals surface area (Å²) < 4.78 is 2.44. The number of carbonyl (C=O) groups excluding carboxylic acids is 1. The number of carbonyl (C=O) groups is 1. The van der Waals surface area contributed by atoms with Gasteiger partial charge in [0.05, 0.1) is 11.1 Å². The van der Waals surface area contributed by atoms with Gasteiger partial charge in [0, 0.05) is 81.5 Å². The molecule has 0 bridgehead atoms. The van der Waals surface area contributed by atoms with Crippen LogP contribution in [0.15, 0.2) is 84.2 Å². The van der Waals surface area contributed by atoms with Crippen LogP contribution in [-0.4, -0.2) is 32.7 Å². The van der Waals surface area contributed by atoms with E-state index in [9.17, 15) is 0 Å². The van der Waals surface area contributed by atoms with Crippen molar-refractivity contribution in [2.24, 2.45) is 16.2 Å². The molecule has 0 atom stereocenters. The van der Waals surface area contributed by atoms with Crippen LogP contribution in [0.5, 0.6) is 0 Å². The molecule has 3 aliphatic rings. The van der Waals surface area contributed by atoms with Crippen LogP contribution < -0.4 is 14.9 Å². The number of rotatable bonds is 19. The minimum Gasteiger partial charge on any atom is -0.871 e. The largest absolute Gasteiger partial charge is 0.871 e. The molecule has 2 saturated heterocycles. The van der Waals surface area contributed by atoms with Crippen molar-refractivity contribution in [3.63, 3.8) is 0 Å². The van der Waals surface area contributed by atoms with Gasteiger partial charge in [-0.1, -0.05) is 185 Å². The minimum absolute atomic E-state index is 0.0996. The van der Waals surface area contributed by atoms with Crippen molar-refractivity contribution in [1.82, 2.24) is 0 Å². The Morgan fingerprint density at radius 2 is 0.790 bits per heavy atom. The van der Waals surface area contributed by atoms with Crippen molar-refractivity contribution in [3.8, 4) is 0 Å². The van der Waals surface area contributed by atoms with E-state index in [-0.39, 0.29) is 52.8 Å². The van der Waals surface area contributed by atoms with Crippen LogP contribution in [0.2, 0.25) is 0 Å². The second-order valence-electron chi connectivity index (χ2n) is 29.1. The highest BCUT2D eigenvalue weighted by molar-refractivity contribution is 6.46. The van der Waals surface area contributed by atoms with E-state index in [2.05, 4.69) is 235 Å². The normalized spacial score (nSPS) is 20.4. The Labute approximate surface area is 493 Å². The molecule has 6 heteroatoms. The number of hydrogen-bond donors (Lipinski definition) is 0. The van der Waals surface area contributed by atoms with Crippen molar-refractivity contribution in [2.45, 2.75) is 276 Å². The fraction of sp³-hybridized carbons (Fsp3) is 0.600. The van der Waals surface area contributed by atoms with Gasteiger partial charge in [0.15, 0.2) is 5.54 Å². The number of anilines is 2. The molecule has 4 aromatic rings. The molecular formula is C75H108N3O3. The summed E-state index contributed by atoms with van der Waals surface area (Å²) in [4.78, 5) is 21.9. The molecule has 0 saturated carbocycles. The van der Waals surface area contributed by atoms with Crippen LogP contribution in [0.25, 0.3) is 11.5 Å². The summed E-state index contributed by atoms with van der Waals surface area (Å²) in [5.41, 5.74) is 11.5. The van der Waals surface area contributed by atoms with E-state index in [1.54, 1.807) is 0 Å². The van der Waals surface area contributed by atoms with Gasteiger partial charge in [-0.25, -0.2) is 0 Å². The lowest BCUT2D eigenvalue weighted by molar-refractivity contribution is -0.515. The number of allylic oxidation sites excluding steroid dienone is 2. The first-order chi connectivity index (χ1) is 37.8. The first-order valence-electron chi connectivity index (χ1n) is 32.0. The van der Waals surface area contributed by atoms with Crippen molar-refractivity contribution in [2.75, 3.05) is 9.80 Å². The zero-order valence-corrected chi connectivity index (χ0v) is 55.3. The number of ketones is 1. The van der Waals surface area contributed by atoms with E-state index in [1.807, 2.05) is 18.2 Å². The molecule has 3 heterocycles. The molecule has 0 spiro atoms. The lowest BCUT2D eigenvalue weighted by Crippen LogP contribution is -2.40. The summed E-state index contributed by atoms with van der Waals surface area (Å²) in [5.74, 6) is 0.892. The Hall–Kier alpha value is -5.10. The van der Waals surface area contributed by atoms with Crippen molar-refractivity contribution in [3.05, 3.63) is 134 Å². The molecule has 0 aromatic heterocycles. The van der Waals surface area contributed by atoms with Gasteiger partial charge in [-0.2, -0.15) is 4.58 Å². The van der Waals surface area contributed by atoms with Gasteiger partial charge in [0.1, 0.15) is 0 Å². The molecule has 4 aromatic carbocycles. The lowest BCUT2D eigenvalue weighted by atomic mass is 9.71. The smallest absolute Gasteiger partial charge is 0.252 e. The molecule has 2 fully saturated rings. The topological polar surface area (TPSA) is 69.5 Å². The van der Waals surface area contributed by atoms with E-state index < -0.39 is 32.9 Å². The Bertz CT molecular complexity index is 2860. The zero-order chi connectivity index (χ0) is 60.4. The Kier molecular flexibility index (Phi) is 18.1. The maximum atomic E-state index is 17.0. The van der Waals surface area contributed by atoms with Gasteiger partial charge in [0.25, 0.3) is 5.78 Å². The molecule has 0 aliphatic carbocycles. The average Bonchev–Trinajstić information content (AvgIpc) is 2.72. The highest BCUT2D eigenvalue weighted by atomic mass is 16.3. The SMILES string of the molecule is CCC1(CC)CC(C)(C)N(c2c(C(C)C)cccc2C(C)C)C1=C([O])c1cc(C(=O)C2=[N+](c3c(C(C)C)cccc3C(C)C)C(C)(C)CC2(CC)CC)cc(C([O-])=C2N(c3c(C(C)C)cccc3C(C)C)C(C)(C)CC2(CC)CC)c1. The van der Waals surface area contributed by atoms with Crippen LogP contribution in [-0.2, 0) is 5.11 Å². The molecule has 441 valence electrons. The van der Waals surface area contributed by atoms with Gasteiger partial charge in [-0.05, 0) is 161 Å². The lowest BCUT2D eigenvalue weighted by Gasteiger charge is -2.42. The summed E-state index contributed by atoms with van der Waals surface area (Å²) >= 11 is 0. The maximum Gasteiger partial charge on any atom is 0.252 e. The third-order valence-corrected chi connectivity index (χ3v) is 20.4. The van der Waals surface area contributed by atoms with Crippen molar-refractivity contribution < 1.29 is 19.6 Å². The molecule has 81 heavy (non-hydrogen) atoms. The fourth-order valence-electron chi connectivity index (χ4n) is 16.1. The van der Waals surface area contributed by atoms with Gasteiger partial charge in [0.2, 0.25) is 17.2 Å². The molecule has 3 aliphatic heterocycles. The van der Waals surface area contributed by atoms with Crippen LogP contribution in [0.3, 0.4) is 0 Å². The van der Waals surface area contributed by atoms with Gasteiger partial charge in [-0.3, -0.25) is 9.90 Å². The standard InChI is InChI=1S/C75H108N3O3/c1-25-73(26-2)43-70(19,20)76(61-55(46(7)8)34-31-35-56(61)47(9)10)67(73)64(79)52-40-53(65(80)68-74(27-3,28-4)44-71(21,22)77(68)62-57(48(11)12)36-32-37-58(62)49(13)14)42-54(41-52)66(81)69-75(29-5,30-6)45-72(23,24)78(69)63-59(50(15)16)38-33-39-60(63)51(17)18/h31-42,46-51H,25-30,43-45H2,1-24H3. The first kappa shape index (κ1) is 63.5. The van der Waals surface area contributed by atoms with Crippen LogP contribution >= 0.6 is 0 Å². The third kappa shape index (κ3) is 10.7. The van der Waals surface area contributed by atoms with Crippen molar-refractivity contribution in [1.29, 1.82) is 0 Å². The molecule has 0 unspecified atom stereocenters. The second-order valence-corrected chi connectivity index (χ2v) is 29.1. The maximum absolute atomic E-state index is 17.0. The summed E-state index contributed by atoms with van der Waals surface area (Å²) in [6, 6.07) is 25.8. The monoisotopic (exact) mass is 1100 g/mol. The highest BCUT2D eigenvalue weighted by Crippen LogP contribution is 2.61. The Morgan fingerprint density at radius 1 is 0.469 bits per heavy atom. The summed E-state index contributed by atoms with van der Waals surface area (Å²) in [6.07, 6.45) is 6.99. The number of para-hydroxylation sites is 3. The van der Waals surface area contributed by atoms with Gasteiger partial charge in [-0.15, -0.1) is 0 Å². The molecule has 7 rings (SSSR count). The molecular weight excluding hydrogens is 991 g/mol. The summed E-state index contributed by atoms with van der Waals surface area (Å²) in [5, 5.41) is 34.0. The van der Waals surface area contributed by atoms with Gasteiger partial charge < -0.3 is 14.9 Å². The predicted octanol–water partition coefficient (Wildman–Crippen LogP) is 20.5. The predicted molar refractivity (Wildman–Crippen MR) is 344 cm³/mol. The first-order valence-corrected chi connectivity index (χ1v) is 32.0. The van der Waals surface area contributed by atoms with Crippen LogP contribution in [0.1, 0.15) is 314 Å².